The second-order valence-corrected chi connectivity index (χ2v) is 10.5. The van der Waals surface area contributed by atoms with E-state index >= 15 is 0 Å². The summed E-state index contributed by atoms with van der Waals surface area (Å²) < 4.78 is 0. The van der Waals surface area contributed by atoms with Crippen LogP contribution in [-0.4, -0.2) is 6.04 Å². The van der Waals surface area contributed by atoms with E-state index in [1.54, 1.807) is 5.56 Å². The second kappa shape index (κ2) is 9.41. The quantitative estimate of drug-likeness (QED) is 0.249. The van der Waals surface area contributed by atoms with E-state index < -0.39 is 0 Å². The van der Waals surface area contributed by atoms with Gasteiger partial charge in [0.15, 0.2) is 0 Å². The fourth-order valence-electron chi connectivity index (χ4n) is 6.52. The van der Waals surface area contributed by atoms with Crippen LogP contribution in [0.1, 0.15) is 37.2 Å². The summed E-state index contributed by atoms with van der Waals surface area (Å²) in [6.45, 7) is 0. The van der Waals surface area contributed by atoms with E-state index in [1.165, 1.54) is 70.4 Å². The van der Waals surface area contributed by atoms with Crippen molar-refractivity contribution < 1.29 is 0 Å². The molecule has 1 heteroatoms. The van der Waals surface area contributed by atoms with E-state index in [-0.39, 0.29) is 0 Å². The van der Waals surface area contributed by atoms with Gasteiger partial charge < -0.3 is 4.90 Å². The third-order valence-electron chi connectivity index (χ3n) is 8.28. The zero-order chi connectivity index (χ0) is 24.6. The Balaban J connectivity index is 1.29. The van der Waals surface area contributed by atoms with Crippen molar-refractivity contribution in [2.24, 2.45) is 0 Å². The van der Waals surface area contributed by atoms with Crippen LogP contribution in [-0.2, 0) is 0 Å². The Kier molecular flexibility index (Phi) is 5.63. The highest BCUT2D eigenvalue weighted by molar-refractivity contribution is 5.82. The first-order valence-corrected chi connectivity index (χ1v) is 13.6. The van der Waals surface area contributed by atoms with Gasteiger partial charge in [0.05, 0.1) is 0 Å². The van der Waals surface area contributed by atoms with Gasteiger partial charge in [-0.1, -0.05) is 104 Å². The van der Waals surface area contributed by atoms with Gasteiger partial charge in [0, 0.05) is 23.3 Å². The number of hydrogen-bond acceptors (Lipinski definition) is 1. The minimum Gasteiger partial charge on any atom is -0.338 e. The highest BCUT2D eigenvalue weighted by Gasteiger charge is 2.40. The van der Waals surface area contributed by atoms with Crippen molar-refractivity contribution in [3.05, 3.63) is 133 Å². The Labute approximate surface area is 220 Å². The molecule has 0 bridgehead atoms. The van der Waals surface area contributed by atoms with Gasteiger partial charge in [-0.3, -0.25) is 0 Å². The van der Waals surface area contributed by atoms with Crippen LogP contribution in [0.5, 0.6) is 0 Å². The lowest BCUT2D eigenvalue weighted by Crippen LogP contribution is -2.32. The lowest BCUT2D eigenvalue weighted by atomic mass is 9.82. The fourth-order valence-corrected chi connectivity index (χ4v) is 6.52. The molecule has 180 valence electrons. The summed E-state index contributed by atoms with van der Waals surface area (Å²) in [5.41, 5.74) is 11.8. The number of rotatable bonds is 4. The lowest BCUT2D eigenvalue weighted by Gasteiger charge is -2.33. The van der Waals surface area contributed by atoms with Crippen molar-refractivity contribution in [1.29, 1.82) is 0 Å². The molecule has 0 radical (unpaired) electrons. The Morgan fingerprint density at radius 3 is 1.59 bits per heavy atom. The normalized spacial score (nSPS) is 18.3. The summed E-state index contributed by atoms with van der Waals surface area (Å²) in [5.74, 6) is 0.667. The average Bonchev–Trinajstić information content (AvgIpc) is 3.32. The molecule has 1 heterocycles. The molecule has 0 amide bonds. The Morgan fingerprint density at radius 1 is 0.459 bits per heavy atom. The highest BCUT2D eigenvalue weighted by Crippen LogP contribution is 2.51. The first-order chi connectivity index (χ1) is 18.3. The van der Waals surface area contributed by atoms with Gasteiger partial charge in [-0.05, 0) is 88.2 Å². The first-order valence-electron chi connectivity index (χ1n) is 13.6. The predicted octanol–water partition coefficient (Wildman–Crippen LogP) is 9.87. The molecule has 0 saturated heterocycles. The zero-order valence-electron chi connectivity index (χ0n) is 21.1. The van der Waals surface area contributed by atoms with Crippen LogP contribution < -0.4 is 4.90 Å². The predicted molar refractivity (Wildman–Crippen MR) is 156 cm³/mol. The third kappa shape index (κ3) is 4.05. The molecule has 1 fully saturated rings. The van der Waals surface area contributed by atoms with Crippen LogP contribution in [0.2, 0.25) is 0 Å². The lowest BCUT2D eigenvalue weighted by molar-refractivity contribution is 0.402. The van der Waals surface area contributed by atoms with Crippen LogP contribution in [0, 0.1) is 0 Å². The summed E-state index contributed by atoms with van der Waals surface area (Å²) in [6.07, 6.45) is 5.27. The SMILES string of the molecule is c1ccc(-c2cc(-c3ccccc3)cc(-c3ccc(N4c5ccccc5C5CCCCC54)cc3)c2)cc1. The summed E-state index contributed by atoms with van der Waals surface area (Å²) >= 11 is 0. The molecule has 1 aliphatic carbocycles. The molecular weight excluding hydrogens is 446 g/mol. The Bertz CT molecular complexity index is 1460. The molecule has 1 nitrogen and oxygen atoms in total. The Hall–Kier alpha value is -4.10. The maximum Gasteiger partial charge on any atom is 0.0449 e. The summed E-state index contributed by atoms with van der Waals surface area (Å²) in [5, 5.41) is 0. The van der Waals surface area contributed by atoms with Crippen LogP contribution in [0.15, 0.2) is 127 Å². The third-order valence-corrected chi connectivity index (χ3v) is 8.28. The first kappa shape index (κ1) is 22.1. The van der Waals surface area contributed by atoms with E-state index in [1.807, 2.05) is 0 Å². The van der Waals surface area contributed by atoms with Gasteiger partial charge in [-0.2, -0.15) is 0 Å². The molecule has 2 unspecified atom stereocenters. The van der Waals surface area contributed by atoms with Crippen LogP contribution >= 0.6 is 0 Å². The van der Waals surface area contributed by atoms with Gasteiger partial charge in [0.2, 0.25) is 0 Å². The van der Waals surface area contributed by atoms with Crippen molar-refractivity contribution in [3.8, 4) is 33.4 Å². The van der Waals surface area contributed by atoms with Crippen molar-refractivity contribution in [3.63, 3.8) is 0 Å². The molecule has 2 aliphatic rings. The van der Waals surface area contributed by atoms with Gasteiger partial charge in [0.25, 0.3) is 0 Å². The Morgan fingerprint density at radius 2 is 0.973 bits per heavy atom. The minimum absolute atomic E-state index is 0.586. The molecule has 1 saturated carbocycles. The van der Waals surface area contributed by atoms with Gasteiger partial charge in [0.1, 0.15) is 0 Å². The number of nitrogens with zero attached hydrogens (tertiary/aromatic N) is 1. The maximum atomic E-state index is 2.62. The van der Waals surface area contributed by atoms with Crippen molar-refractivity contribution in [2.75, 3.05) is 4.90 Å². The minimum atomic E-state index is 0.586. The maximum absolute atomic E-state index is 2.62. The van der Waals surface area contributed by atoms with E-state index in [4.69, 9.17) is 0 Å². The van der Waals surface area contributed by atoms with Crippen LogP contribution in [0.25, 0.3) is 33.4 Å². The molecule has 0 N–H and O–H groups in total. The van der Waals surface area contributed by atoms with Crippen molar-refractivity contribution in [2.45, 2.75) is 37.6 Å². The van der Waals surface area contributed by atoms with E-state index in [9.17, 15) is 0 Å². The molecule has 5 aromatic carbocycles. The van der Waals surface area contributed by atoms with Gasteiger partial charge in [-0.25, -0.2) is 0 Å². The molecule has 2 atom stereocenters. The van der Waals surface area contributed by atoms with Crippen molar-refractivity contribution >= 4 is 11.4 Å². The highest BCUT2D eigenvalue weighted by atomic mass is 15.2. The smallest absolute Gasteiger partial charge is 0.0449 e. The van der Waals surface area contributed by atoms with E-state index in [0.29, 0.717) is 12.0 Å². The standard InChI is InChI=1S/C36H31N/c1-3-11-26(12-4-1)29-23-30(27-13-5-2-6-14-27)25-31(24-29)28-19-21-32(22-20-28)37-35-17-9-7-15-33(35)34-16-8-10-18-36(34)37/h1-7,9,11-15,17,19-25,34,36H,8,10,16,18H2. The molecule has 0 aromatic heterocycles. The molecule has 5 aromatic rings. The van der Waals surface area contributed by atoms with Crippen LogP contribution in [0.3, 0.4) is 0 Å². The van der Waals surface area contributed by atoms with E-state index in [0.717, 1.165) is 0 Å². The van der Waals surface area contributed by atoms with Crippen molar-refractivity contribution in [1.82, 2.24) is 0 Å². The molecule has 37 heavy (non-hydrogen) atoms. The topological polar surface area (TPSA) is 3.24 Å². The molecule has 1 aliphatic heterocycles. The number of anilines is 2. The van der Waals surface area contributed by atoms with Crippen LogP contribution in [0.4, 0.5) is 11.4 Å². The largest absolute Gasteiger partial charge is 0.338 e. The monoisotopic (exact) mass is 477 g/mol. The molecular formula is C36H31N. The number of hydrogen-bond donors (Lipinski definition) is 0. The number of benzene rings is 5. The second-order valence-electron chi connectivity index (χ2n) is 10.5. The zero-order valence-corrected chi connectivity index (χ0v) is 21.1. The summed E-state index contributed by atoms with van der Waals surface area (Å²) in [7, 11) is 0. The number of fused-ring (bicyclic) bond motifs is 3. The fraction of sp³-hybridized carbons (Fsp3) is 0.167. The van der Waals surface area contributed by atoms with Gasteiger partial charge >= 0.3 is 0 Å². The number of para-hydroxylation sites is 1. The van der Waals surface area contributed by atoms with E-state index in [2.05, 4.69) is 132 Å². The summed E-state index contributed by atoms with van der Waals surface area (Å²) in [4.78, 5) is 2.62. The van der Waals surface area contributed by atoms with Gasteiger partial charge in [-0.15, -0.1) is 0 Å². The molecule has 0 spiro atoms. The summed E-state index contributed by atoms with van der Waals surface area (Å²) in [6, 6.07) is 47.3. The molecule has 7 rings (SSSR count). The average molecular weight is 478 g/mol.